The highest BCUT2D eigenvalue weighted by Crippen LogP contribution is 2.28. The molecular weight excluding hydrogens is 533 g/mol. The van der Waals surface area contributed by atoms with Crippen molar-refractivity contribution in [3.63, 3.8) is 0 Å². The second kappa shape index (κ2) is 10.4. The maximum atomic E-state index is 12.8. The van der Waals surface area contributed by atoms with Crippen molar-refractivity contribution >= 4 is 66.2 Å². The summed E-state index contributed by atoms with van der Waals surface area (Å²) in [6.45, 7) is 3.09. The predicted molar refractivity (Wildman–Crippen MR) is 140 cm³/mol. The summed E-state index contributed by atoms with van der Waals surface area (Å²) in [5.41, 5.74) is 2.55. The number of amides is 1. The number of aryl methyl sites for hydroxylation is 2. The fourth-order valence-corrected chi connectivity index (χ4v) is 5.60. The van der Waals surface area contributed by atoms with Gasteiger partial charge in [-0.25, -0.2) is 16.8 Å². The highest BCUT2D eigenvalue weighted by molar-refractivity contribution is 7.92. The van der Waals surface area contributed by atoms with Gasteiger partial charge in [0.1, 0.15) is 6.54 Å². The average molecular weight is 556 g/mol. The molecule has 0 atom stereocenters. The molecule has 0 aliphatic rings. The molecule has 0 radical (unpaired) electrons. The van der Waals surface area contributed by atoms with E-state index in [-0.39, 0.29) is 20.6 Å². The van der Waals surface area contributed by atoms with E-state index in [4.69, 9.17) is 23.2 Å². The van der Waals surface area contributed by atoms with Crippen molar-refractivity contribution in [1.29, 1.82) is 0 Å². The summed E-state index contributed by atoms with van der Waals surface area (Å²) in [6, 6.07) is 15.2. The van der Waals surface area contributed by atoms with Crippen LogP contribution in [0.5, 0.6) is 0 Å². The van der Waals surface area contributed by atoms with Crippen molar-refractivity contribution < 1.29 is 21.6 Å². The molecule has 0 heterocycles. The van der Waals surface area contributed by atoms with Crippen molar-refractivity contribution in [3.8, 4) is 0 Å². The molecule has 3 aromatic rings. The van der Waals surface area contributed by atoms with Gasteiger partial charge in [0.25, 0.3) is 10.0 Å². The van der Waals surface area contributed by atoms with Crippen LogP contribution in [-0.4, -0.2) is 35.5 Å². The van der Waals surface area contributed by atoms with Crippen molar-refractivity contribution in [2.45, 2.75) is 18.7 Å². The summed E-state index contributed by atoms with van der Waals surface area (Å²) < 4.78 is 53.6. The summed E-state index contributed by atoms with van der Waals surface area (Å²) in [6.07, 6.45) is 0.964. The van der Waals surface area contributed by atoms with Gasteiger partial charge in [-0.05, 0) is 67.4 Å². The molecule has 0 saturated carbocycles. The number of nitrogens with zero attached hydrogens (tertiary/aromatic N) is 1. The van der Waals surface area contributed by atoms with E-state index in [2.05, 4.69) is 10.0 Å². The van der Waals surface area contributed by atoms with Crippen LogP contribution in [0.1, 0.15) is 11.1 Å². The summed E-state index contributed by atoms with van der Waals surface area (Å²) >= 11 is 11.9. The van der Waals surface area contributed by atoms with Gasteiger partial charge < -0.3 is 5.32 Å². The number of carbonyl (C=O) groups excluding carboxylic acids is 1. The first-order chi connectivity index (χ1) is 16.3. The summed E-state index contributed by atoms with van der Waals surface area (Å²) in [4.78, 5) is 12.6. The standard InChI is InChI=1S/C23H23Cl2N3O5S2/c1-15-5-4-6-16(2)23(15)27-35(32,33)19-10-7-17(8-11-19)26-22(29)14-28(34(3,30)31)18-9-12-20(24)21(25)13-18/h4-13,27H,14H2,1-3H3,(H,26,29). The lowest BCUT2D eigenvalue weighted by molar-refractivity contribution is -0.114. The van der Waals surface area contributed by atoms with Gasteiger partial charge in [-0.2, -0.15) is 0 Å². The van der Waals surface area contributed by atoms with E-state index in [1.54, 1.807) is 26.0 Å². The van der Waals surface area contributed by atoms with Gasteiger partial charge in [-0.15, -0.1) is 0 Å². The second-order valence-electron chi connectivity index (χ2n) is 7.81. The molecule has 2 N–H and O–H groups in total. The van der Waals surface area contributed by atoms with Crippen LogP contribution in [0.25, 0.3) is 0 Å². The lowest BCUT2D eigenvalue weighted by Crippen LogP contribution is -2.37. The Morgan fingerprint density at radius 2 is 1.49 bits per heavy atom. The number of hydrogen-bond donors (Lipinski definition) is 2. The zero-order chi connectivity index (χ0) is 26.0. The van der Waals surface area contributed by atoms with Crippen LogP contribution in [0.4, 0.5) is 17.1 Å². The number of nitrogens with one attached hydrogen (secondary N) is 2. The number of rotatable bonds is 8. The van der Waals surface area contributed by atoms with Crippen LogP contribution in [0.15, 0.2) is 65.6 Å². The van der Waals surface area contributed by atoms with Crippen LogP contribution < -0.4 is 14.3 Å². The number of hydrogen-bond acceptors (Lipinski definition) is 5. The van der Waals surface area contributed by atoms with Gasteiger partial charge in [0.15, 0.2) is 0 Å². The Hall–Kier alpha value is -2.79. The number of halogens is 2. The Morgan fingerprint density at radius 1 is 0.886 bits per heavy atom. The molecule has 0 aliphatic carbocycles. The number of benzene rings is 3. The van der Waals surface area contributed by atoms with Crippen LogP contribution in [0, 0.1) is 13.8 Å². The normalized spacial score (nSPS) is 11.7. The molecule has 0 unspecified atom stereocenters. The minimum absolute atomic E-state index is 0.00622. The maximum absolute atomic E-state index is 12.8. The predicted octanol–water partition coefficient (Wildman–Crippen LogP) is 4.82. The number of para-hydroxylation sites is 1. The topological polar surface area (TPSA) is 113 Å². The largest absolute Gasteiger partial charge is 0.325 e. The van der Waals surface area contributed by atoms with Gasteiger partial charge in [0, 0.05) is 5.69 Å². The Morgan fingerprint density at radius 3 is 2.03 bits per heavy atom. The smallest absolute Gasteiger partial charge is 0.261 e. The van der Waals surface area contributed by atoms with Gasteiger partial charge in [-0.1, -0.05) is 41.4 Å². The Balaban J connectivity index is 1.75. The molecule has 0 aromatic heterocycles. The van der Waals surface area contributed by atoms with E-state index in [0.29, 0.717) is 11.4 Å². The molecule has 0 saturated heterocycles. The first kappa shape index (κ1) is 26.8. The Bertz CT molecular complexity index is 1460. The SMILES string of the molecule is Cc1cccc(C)c1NS(=O)(=O)c1ccc(NC(=O)CN(c2ccc(Cl)c(Cl)c2)S(C)(=O)=O)cc1. The molecule has 8 nitrogen and oxygen atoms in total. The van der Waals surface area contributed by atoms with E-state index >= 15 is 0 Å². The summed E-state index contributed by atoms with van der Waals surface area (Å²) in [7, 11) is -7.67. The molecule has 1 amide bonds. The van der Waals surface area contributed by atoms with Crippen molar-refractivity contribution in [2.24, 2.45) is 0 Å². The highest BCUT2D eigenvalue weighted by Gasteiger charge is 2.22. The molecule has 0 aliphatic heterocycles. The first-order valence-electron chi connectivity index (χ1n) is 10.2. The molecule has 35 heavy (non-hydrogen) atoms. The number of sulfonamides is 2. The van der Waals surface area contributed by atoms with Gasteiger partial charge in [-0.3, -0.25) is 13.8 Å². The molecule has 186 valence electrons. The van der Waals surface area contributed by atoms with Gasteiger partial charge in [0.05, 0.1) is 32.6 Å². The third kappa shape index (κ3) is 6.66. The molecule has 0 bridgehead atoms. The Labute approximate surface area is 215 Å². The van der Waals surface area contributed by atoms with Crippen molar-refractivity contribution in [1.82, 2.24) is 0 Å². The van der Waals surface area contributed by atoms with E-state index in [9.17, 15) is 21.6 Å². The minimum Gasteiger partial charge on any atom is -0.325 e. The molecule has 12 heteroatoms. The lowest BCUT2D eigenvalue weighted by Gasteiger charge is -2.22. The van der Waals surface area contributed by atoms with Crippen molar-refractivity contribution in [3.05, 3.63) is 81.8 Å². The highest BCUT2D eigenvalue weighted by atomic mass is 35.5. The fourth-order valence-electron chi connectivity index (χ4n) is 3.26. The second-order valence-corrected chi connectivity index (χ2v) is 12.2. The summed E-state index contributed by atoms with van der Waals surface area (Å²) in [5.74, 6) is -0.634. The lowest BCUT2D eigenvalue weighted by atomic mass is 10.1. The molecule has 0 spiro atoms. The molecule has 3 rings (SSSR count). The Kier molecular flexibility index (Phi) is 8.00. The van der Waals surface area contributed by atoms with E-state index in [1.807, 2.05) is 6.07 Å². The quantitative estimate of drug-likeness (QED) is 0.413. The van der Waals surface area contributed by atoms with E-state index in [1.165, 1.54) is 42.5 Å². The van der Waals surface area contributed by atoms with Gasteiger partial charge in [0.2, 0.25) is 15.9 Å². The molecule has 0 fully saturated rings. The van der Waals surface area contributed by atoms with Crippen molar-refractivity contribution in [2.75, 3.05) is 27.1 Å². The third-order valence-corrected chi connectivity index (χ3v) is 8.29. The molecule has 3 aromatic carbocycles. The van der Waals surface area contributed by atoms with Crippen LogP contribution >= 0.6 is 23.2 Å². The number of carbonyl (C=O) groups is 1. The zero-order valence-electron chi connectivity index (χ0n) is 19.0. The number of anilines is 3. The zero-order valence-corrected chi connectivity index (χ0v) is 22.2. The first-order valence-corrected chi connectivity index (χ1v) is 14.3. The maximum Gasteiger partial charge on any atom is 0.261 e. The van der Waals surface area contributed by atoms with Crippen LogP contribution in [0.2, 0.25) is 10.0 Å². The summed E-state index contributed by atoms with van der Waals surface area (Å²) in [5, 5.41) is 2.96. The minimum atomic E-state index is -3.86. The molecular formula is C23H23Cl2N3O5S2. The van der Waals surface area contributed by atoms with E-state index < -0.39 is 32.5 Å². The third-order valence-electron chi connectivity index (χ3n) is 5.04. The fraction of sp³-hybridized carbons (Fsp3) is 0.174. The van der Waals surface area contributed by atoms with Gasteiger partial charge >= 0.3 is 0 Å². The monoisotopic (exact) mass is 555 g/mol. The average Bonchev–Trinajstić information content (AvgIpc) is 2.76. The van der Waals surface area contributed by atoms with Crippen LogP contribution in [0.3, 0.4) is 0 Å². The van der Waals surface area contributed by atoms with E-state index in [0.717, 1.165) is 21.7 Å². The van der Waals surface area contributed by atoms with Crippen LogP contribution in [-0.2, 0) is 24.8 Å².